The molecule has 21 heteroatoms. The van der Waals surface area contributed by atoms with Gasteiger partial charge in [-0.05, 0) is 92.1 Å². The van der Waals surface area contributed by atoms with E-state index in [0.717, 1.165) is 56.4 Å². The highest BCUT2D eigenvalue weighted by atomic mass is 32.2. The highest BCUT2D eigenvalue weighted by molar-refractivity contribution is 7.94. The number of nitrogens with zero attached hydrogens (tertiary/aromatic N) is 2. The summed E-state index contributed by atoms with van der Waals surface area (Å²) < 4.78 is 102. The van der Waals surface area contributed by atoms with E-state index in [-0.39, 0.29) is 17.1 Å². The van der Waals surface area contributed by atoms with Crippen molar-refractivity contribution >= 4 is 59.5 Å². The summed E-state index contributed by atoms with van der Waals surface area (Å²) in [6, 6.07) is 10.8. The van der Waals surface area contributed by atoms with Gasteiger partial charge < -0.3 is 9.45 Å². The molecule has 0 aromatic heterocycles. The molecule has 0 bridgehead atoms. The Hall–Kier alpha value is -3.29. The van der Waals surface area contributed by atoms with Crippen LogP contribution in [0, 0.1) is 0 Å². The number of fused-ring (bicyclic) bond motifs is 2. The minimum absolute atomic E-state index is 0.0145. The largest absolute Gasteiger partial charge is 0.748 e. The fourth-order valence-corrected chi connectivity index (χ4v) is 10.2. The van der Waals surface area contributed by atoms with Crippen LogP contribution in [0.1, 0.15) is 98.6 Å². The first-order valence-corrected chi connectivity index (χ1v) is 26.6. The maximum Gasteiger partial charge on any atom is 0.312 e. The molecule has 0 aliphatic carbocycles. The third-order valence-corrected chi connectivity index (χ3v) is 14.3. The third-order valence-electron chi connectivity index (χ3n) is 10.6. The molecule has 0 atom stereocenters. The normalized spacial score (nSPS) is 17.1. The predicted octanol–water partition coefficient (Wildman–Crippen LogP) is 6.81. The minimum atomic E-state index is -4.33. The zero-order valence-corrected chi connectivity index (χ0v) is 41.1. The molecule has 4 rings (SSSR count). The fraction of sp³-hybridized carbons (Fsp3) is 0.512. The van der Waals surface area contributed by atoms with Gasteiger partial charge in [0.1, 0.15) is 6.54 Å². The van der Waals surface area contributed by atoms with Gasteiger partial charge in [0, 0.05) is 77.8 Å². The summed E-state index contributed by atoms with van der Waals surface area (Å²) in [4.78, 5) is 7.62. The lowest BCUT2D eigenvalue weighted by Crippen LogP contribution is -2.28. The lowest BCUT2D eigenvalue weighted by Gasteiger charge is -2.27. The summed E-state index contributed by atoms with van der Waals surface area (Å²) in [6.07, 6.45) is 14.4. The van der Waals surface area contributed by atoms with Gasteiger partial charge >= 0.3 is 10.1 Å². The number of nitrogens with one attached hydrogen (secondary N) is 3. The molecule has 0 unspecified atom stereocenters. The van der Waals surface area contributed by atoms with Gasteiger partial charge in [-0.25, -0.2) is 8.42 Å². The number of unbranched alkanes of at least 4 members (excludes halogenated alkanes) is 2. The van der Waals surface area contributed by atoms with Crippen molar-refractivity contribution in [1.29, 1.82) is 0 Å². The van der Waals surface area contributed by atoms with Gasteiger partial charge in [0.15, 0.2) is 5.71 Å². The first-order chi connectivity index (χ1) is 30.2. The maximum atomic E-state index is 13.0. The van der Waals surface area contributed by atoms with Crippen molar-refractivity contribution in [2.75, 3.05) is 49.1 Å². The quantitative estimate of drug-likeness (QED) is 0.0152. The molecule has 0 fully saturated rings. The van der Waals surface area contributed by atoms with E-state index in [1.54, 1.807) is 26.0 Å². The van der Waals surface area contributed by atoms with Gasteiger partial charge in [-0.2, -0.15) is 46.4 Å². The van der Waals surface area contributed by atoms with Gasteiger partial charge in [0.2, 0.25) is 5.69 Å². The van der Waals surface area contributed by atoms with Crippen LogP contribution in [-0.2, 0) is 64.1 Å². The highest BCUT2D eigenvalue weighted by Crippen LogP contribution is 2.49. The van der Waals surface area contributed by atoms with E-state index < -0.39 is 46.9 Å². The number of hydrogen-bond donors (Lipinski definition) is 3. The summed E-state index contributed by atoms with van der Waals surface area (Å²) >= 11 is 0.994. The molecule has 0 radical (unpaired) electrons. The Morgan fingerprint density at radius 3 is 2.20 bits per heavy atom. The number of hydrogen-bond acceptors (Lipinski definition) is 17. The number of rotatable bonds is 28. The number of hydroxylamine groups is 3. The van der Waals surface area contributed by atoms with Crippen LogP contribution in [0.2, 0.25) is 0 Å². The van der Waals surface area contributed by atoms with E-state index in [1.807, 2.05) is 69.4 Å². The van der Waals surface area contributed by atoms with E-state index in [2.05, 4.69) is 52.8 Å². The van der Waals surface area contributed by atoms with Crippen LogP contribution in [0.5, 0.6) is 0 Å². The van der Waals surface area contributed by atoms with Crippen LogP contribution in [0.15, 0.2) is 93.9 Å². The Morgan fingerprint density at radius 1 is 0.812 bits per heavy atom. The number of anilines is 1. The van der Waals surface area contributed by atoms with Crippen LogP contribution in [-0.4, -0.2) is 84.3 Å². The van der Waals surface area contributed by atoms with Crippen LogP contribution < -0.4 is 21.3 Å². The Bertz CT molecular complexity index is 2410. The molecule has 2 heterocycles. The molecule has 3 N–H and O–H groups in total. The first-order valence-electron chi connectivity index (χ1n) is 21.3. The molecular formula is C43H63N5O12S4. The summed E-state index contributed by atoms with van der Waals surface area (Å²) in [7, 11) is -12.2. The monoisotopic (exact) mass is 969 g/mol. The molecular weight excluding hydrogens is 907 g/mol. The molecule has 2 aliphatic heterocycles. The molecule has 2 aliphatic rings. The zero-order chi connectivity index (χ0) is 47.2. The first kappa shape index (κ1) is 53.3. The van der Waals surface area contributed by atoms with Gasteiger partial charge in [-0.3, -0.25) is 0 Å². The Morgan fingerprint density at radius 2 is 1.52 bits per heavy atom. The van der Waals surface area contributed by atoms with Gasteiger partial charge in [0.05, 0.1) is 38.2 Å². The van der Waals surface area contributed by atoms with E-state index in [4.69, 9.17) is 22.9 Å². The Labute approximate surface area is 383 Å². The second kappa shape index (κ2) is 23.9. The van der Waals surface area contributed by atoms with Crippen molar-refractivity contribution in [3.8, 4) is 0 Å². The summed E-state index contributed by atoms with van der Waals surface area (Å²) in [5, 5.41) is 4.71. The number of benzene rings is 2. The van der Waals surface area contributed by atoms with E-state index in [0.29, 0.717) is 58.4 Å². The lowest BCUT2D eigenvalue weighted by atomic mass is 9.81. The molecule has 2 aromatic carbocycles. The molecule has 0 saturated heterocycles. The van der Waals surface area contributed by atoms with E-state index in [1.165, 1.54) is 6.07 Å². The molecule has 17 nitrogen and oxygen atoms in total. The topological polar surface area (TPSA) is 214 Å². The standard InChI is InChI=1S/C43H63N5O12S4/c1-9-33(19-17-21-40-42(5,6)36-31-34(61-60-59-56-44-10-2)23-25-38(36)47(40)27-13-15-29-62(49,50)51)20-18-22-41-43(7,8)37-32-35(64(54,55)58-46-12-4)24-26-39(37)48(41)28-14-16-30-63(52,53)57-45-11-3/h17-26,31-32,44-46H,9-16,27-30H2,1-8H3. The van der Waals surface area contributed by atoms with E-state index >= 15 is 0 Å². The second-order valence-corrected chi connectivity index (χ2v) is 21.6. The van der Waals surface area contributed by atoms with Crippen LogP contribution in [0.4, 0.5) is 11.4 Å². The fourth-order valence-electron chi connectivity index (χ4n) is 7.44. The minimum Gasteiger partial charge on any atom is -0.748 e. The van der Waals surface area contributed by atoms with Gasteiger partial charge in [0.25, 0.3) is 10.1 Å². The van der Waals surface area contributed by atoms with Crippen LogP contribution in [0.3, 0.4) is 0 Å². The molecule has 0 amide bonds. The SMILES string of the molecule is CCNOOOSc1ccc2c(c1)C(C)(C)C(C=CC=C(C=C/C=C1/N(CCCCS(=O)(=O)ONCC)c3ccc(S(=O)(=O)ONCC)cc3C1(C)C)CC)=[N+]2CCCCS(=O)(=O)[O-]. The molecule has 2 aromatic rings. The Balaban J connectivity index is 1.64. The highest BCUT2D eigenvalue weighted by Gasteiger charge is 2.44. The molecule has 356 valence electrons. The smallest absolute Gasteiger partial charge is 0.312 e. The molecule has 64 heavy (non-hydrogen) atoms. The predicted molar refractivity (Wildman–Crippen MR) is 247 cm³/mol. The molecule has 0 spiro atoms. The Kier molecular flexibility index (Phi) is 20.0. The lowest BCUT2D eigenvalue weighted by molar-refractivity contribution is -0.486. The van der Waals surface area contributed by atoms with Crippen molar-refractivity contribution < 1.29 is 57.3 Å². The van der Waals surface area contributed by atoms with Crippen molar-refractivity contribution in [2.45, 2.75) is 108 Å². The van der Waals surface area contributed by atoms with Crippen LogP contribution in [0.25, 0.3) is 0 Å². The van der Waals surface area contributed by atoms with Crippen molar-refractivity contribution in [3.05, 3.63) is 95.3 Å². The molecule has 0 saturated carbocycles. The summed E-state index contributed by atoms with van der Waals surface area (Å²) in [5.74, 6) is -0.592. The summed E-state index contributed by atoms with van der Waals surface area (Å²) in [5.41, 5.74) is 12.7. The second-order valence-electron chi connectivity index (χ2n) is 16.0. The average Bonchev–Trinajstić information content (AvgIpc) is 3.58. The van der Waals surface area contributed by atoms with Crippen LogP contribution >= 0.6 is 12.0 Å². The van der Waals surface area contributed by atoms with E-state index in [9.17, 15) is 29.8 Å². The van der Waals surface area contributed by atoms with Crippen molar-refractivity contribution in [1.82, 2.24) is 16.4 Å². The zero-order valence-electron chi connectivity index (χ0n) is 37.8. The third kappa shape index (κ3) is 14.6. The van der Waals surface area contributed by atoms with Gasteiger partial charge in [-0.1, -0.05) is 65.8 Å². The van der Waals surface area contributed by atoms with Crippen molar-refractivity contribution in [3.63, 3.8) is 0 Å². The summed E-state index contributed by atoms with van der Waals surface area (Å²) in [6.45, 7) is 17.8. The van der Waals surface area contributed by atoms with Gasteiger partial charge in [-0.15, -0.1) is 9.32 Å². The maximum absolute atomic E-state index is 13.0. The number of allylic oxidation sites excluding steroid dienone is 8. The average molecular weight is 970 g/mol. The van der Waals surface area contributed by atoms with Crippen molar-refractivity contribution in [2.24, 2.45) is 0 Å².